The second kappa shape index (κ2) is 7.46. The molecule has 1 aromatic carbocycles. The number of nitrogens with one attached hydrogen (secondary N) is 2. The normalized spacial score (nSPS) is 12.7. The zero-order valence-corrected chi connectivity index (χ0v) is 16.3. The molecular weight excluding hydrogens is 390 g/mol. The molecule has 0 fully saturated rings. The lowest BCUT2D eigenvalue weighted by molar-refractivity contribution is 0.531. The van der Waals surface area contributed by atoms with E-state index in [-0.39, 0.29) is 11.3 Å². The van der Waals surface area contributed by atoms with E-state index in [2.05, 4.69) is 30.8 Å². The molecular formula is C19H17N7O2S. The number of aromatic nitrogens is 5. The monoisotopic (exact) mass is 407 g/mol. The van der Waals surface area contributed by atoms with Crippen LogP contribution in [0.25, 0.3) is 22.3 Å². The van der Waals surface area contributed by atoms with Crippen molar-refractivity contribution in [3.05, 3.63) is 60.8 Å². The number of H-pyrrole nitrogens is 1. The molecule has 29 heavy (non-hydrogen) atoms. The maximum Gasteiger partial charge on any atom is 0.240 e. The first-order chi connectivity index (χ1) is 14.0. The van der Waals surface area contributed by atoms with Crippen LogP contribution >= 0.6 is 0 Å². The molecule has 9 nitrogen and oxygen atoms in total. The topological polar surface area (TPSA) is 129 Å². The number of nitrogens with zero attached hydrogens (tertiary/aromatic N) is 5. The minimum absolute atomic E-state index is 0.132. The average Bonchev–Trinajstić information content (AvgIpc) is 3.41. The number of hydrogen-bond acceptors (Lipinski definition) is 6. The van der Waals surface area contributed by atoms with Crippen molar-refractivity contribution < 1.29 is 8.42 Å². The average molecular weight is 407 g/mol. The first kappa shape index (κ1) is 18.8. The van der Waals surface area contributed by atoms with Gasteiger partial charge in [0.2, 0.25) is 10.0 Å². The first-order valence-corrected chi connectivity index (χ1v) is 10.2. The molecule has 1 atom stereocenters. The van der Waals surface area contributed by atoms with E-state index < -0.39 is 16.1 Å². The lowest BCUT2D eigenvalue weighted by Gasteiger charge is -2.16. The highest BCUT2D eigenvalue weighted by atomic mass is 32.2. The van der Waals surface area contributed by atoms with E-state index in [0.717, 1.165) is 22.3 Å². The van der Waals surface area contributed by atoms with Gasteiger partial charge in [-0.1, -0.05) is 12.1 Å². The van der Waals surface area contributed by atoms with Gasteiger partial charge in [-0.15, -0.1) is 0 Å². The van der Waals surface area contributed by atoms with Gasteiger partial charge in [0.15, 0.2) is 0 Å². The van der Waals surface area contributed by atoms with Crippen LogP contribution in [0.15, 0.2) is 60.1 Å². The van der Waals surface area contributed by atoms with E-state index >= 15 is 0 Å². The van der Waals surface area contributed by atoms with Crippen molar-refractivity contribution >= 4 is 21.1 Å². The van der Waals surface area contributed by atoms with Gasteiger partial charge in [0, 0.05) is 23.3 Å². The Bertz CT molecular complexity index is 1320. The second-order valence-corrected chi connectivity index (χ2v) is 8.22. The third-order valence-corrected chi connectivity index (χ3v) is 6.07. The van der Waals surface area contributed by atoms with Crippen LogP contribution in [0.1, 0.15) is 18.0 Å². The van der Waals surface area contributed by atoms with Gasteiger partial charge in [-0.3, -0.25) is 4.68 Å². The van der Waals surface area contributed by atoms with Gasteiger partial charge in [-0.05, 0) is 30.8 Å². The van der Waals surface area contributed by atoms with E-state index in [0.29, 0.717) is 5.56 Å². The van der Waals surface area contributed by atoms with Crippen LogP contribution in [0.4, 0.5) is 0 Å². The van der Waals surface area contributed by atoms with Crippen molar-refractivity contribution in [1.82, 2.24) is 29.5 Å². The highest BCUT2D eigenvalue weighted by Gasteiger charge is 2.19. The quantitative estimate of drug-likeness (QED) is 0.504. The van der Waals surface area contributed by atoms with E-state index in [9.17, 15) is 13.7 Å². The zero-order valence-electron chi connectivity index (χ0n) is 15.4. The summed E-state index contributed by atoms with van der Waals surface area (Å²) < 4.78 is 28.2. The Labute approximate surface area is 167 Å². The van der Waals surface area contributed by atoms with Crippen molar-refractivity contribution in [1.29, 1.82) is 5.26 Å². The Morgan fingerprint density at radius 1 is 1.31 bits per heavy atom. The van der Waals surface area contributed by atoms with E-state index in [1.165, 1.54) is 19.4 Å². The van der Waals surface area contributed by atoms with Crippen LogP contribution < -0.4 is 4.72 Å². The van der Waals surface area contributed by atoms with Crippen molar-refractivity contribution in [2.75, 3.05) is 7.05 Å². The summed E-state index contributed by atoms with van der Waals surface area (Å²) in [6.07, 6.45) is 6.88. The number of rotatable bonds is 6. The lowest BCUT2D eigenvalue weighted by Crippen LogP contribution is -2.19. The van der Waals surface area contributed by atoms with Crippen molar-refractivity contribution in [3.63, 3.8) is 0 Å². The van der Waals surface area contributed by atoms with Crippen molar-refractivity contribution in [2.24, 2.45) is 0 Å². The standard InChI is InChI=1S/C19H17N7O2S/c1-21-29(27,28)15-4-2-3-13(9-15)17(5-7-20)26-11-14(10-25-26)18-16-6-8-22-19(16)24-12-23-18/h2-4,6,8-12,17,21H,5H2,1H3,(H,22,23,24). The Morgan fingerprint density at radius 3 is 2.97 bits per heavy atom. The molecule has 0 saturated heterocycles. The first-order valence-electron chi connectivity index (χ1n) is 8.76. The van der Waals surface area contributed by atoms with Crippen LogP contribution in [-0.4, -0.2) is 40.2 Å². The molecule has 4 rings (SSSR count). The third kappa shape index (κ3) is 3.49. The maximum atomic E-state index is 12.1. The molecule has 0 amide bonds. The molecule has 4 aromatic rings. The smallest absolute Gasteiger partial charge is 0.240 e. The SMILES string of the molecule is CNS(=O)(=O)c1cccc(C(CC#N)n2cc(-c3ncnc4[nH]ccc34)cn2)c1. The third-order valence-electron chi connectivity index (χ3n) is 4.65. The van der Waals surface area contributed by atoms with E-state index in [4.69, 9.17) is 0 Å². The van der Waals surface area contributed by atoms with Crippen LogP contribution in [0, 0.1) is 11.3 Å². The summed E-state index contributed by atoms with van der Waals surface area (Å²) in [4.78, 5) is 11.7. The van der Waals surface area contributed by atoms with E-state index in [1.807, 2.05) is 6.07 Å². The molecule has 0 aliphatic heterocycles. The summed E-state index contributed by atoms with van der Waals surface area (Å²) in [6.45, 7) is 0. The summed E-state index contributed by atoms with van der Waals surface area (Å²) in [5.74, 6) is 0. The van der Waals surface area contributed by atoms with Crippen molar-refractivity contribution in [3.8, 4) is 17.3 Å². The Morgan fingerprint density at radius 2 is 2.17 bits per heavy atom. The molecule has 0 spiro atoms. The second-order valence-electron chi connectivity index (χ2n) is 6.33. The molecule has 0 saturated carbocycles. The predicted molar refractivity (Wildman–Crippen MR) is 106 cm³/mol. The molecule has 0 bridgehead atoms. The molecule has 0 aliphatic rings. The summed E-state index contributed by atoms with van der Waals surface area (Å²) in [5, 5.41) is 14.6. The van der Waals surface area contributed by atoms with Crippen LogP contribution in [0.3, 0.4) is 0 Å². The maximum absolute atomic E-state index is 12.1. The van der Waals surface area contributed by atoms with E-state index in [1.54, 1.807) is 41.5 Å². The lowest BCUT2D eigenvalue weighted by atomic mass is 10.0. The van der Waals surface area contributed by atoms with Gasteiger partial charge >= 0.3 is 0 Å². The molecule has 2 N–H and O–H groups in total. The number of nitriles is 1. The number of hydrogen-bond donors (Lipinski definition) is 2. The molecule has 0 radical (unpaired) electrons. The van der Waals surface area contributed by atoms with Gasteiger partial charge < -0.3 is 4.98 Å². The molecule has 0 aliphatic carbocycles. The van der Waals surface area contributed by atoms with Gasteiger partial charge in [0.1, 0.15) is 12.0 Å². The Hall–Kier alpha value is -3.55. The molecule has 1 unspecified atom stereocenters. The molecule has 10 heteroatoms. The summed E-state index contributed by atoms with van der Waals surface area (Å²) >= 11 is 0. The zero-order chi connectivity index (χ0) is 20.4. The number of benzene rings is 1. The van der Waals surface area contributed by atoms with Gasteiger partial charge in [-0.25, -0.2) is 23.1 Å². The number of aromatic amines is 1. The minimum Gasteiger partial charge on any atom is -0.346 e. The fraction of sp³-hybridized carbons (Fsp3) is 0.158. The fourth-order valence-corrected chi connectivity index (χ4v) is 3.98. The minimum atomic E-state index is -3.59. The van der Waals surface area contributed by atoms with Gasteiger partial charge in [0.05, 0.1) is 35.3 Å². The number of sulfonamides is 1. The molecule has 3 heterocycles. The van der Waals surface area contributed by atoms with Crippen LogP contribution in [-0.2, 0) is 10.0 Å². The van der Waals surface area contributed by atoms with Gasteiger partial charge in [-0.2, -0.15) is 10.4 Å². The van der Waals surface area contributed by atoms with Crippen molar-refractivity contribution in [2.45, 2.75) is 17.4 Å². The summed E-state index contributed by atoms with van der Waals surface area (Å²) in [6, 6.07) is 10.1. The Kier molecular flexibility index (Phi) is 4.84. The molecule has 3 aromatic heterocycles. The largest absolute Gasteiger partial charge is 0.346 e. The predicted octanol–water partition coefficient (Wildman–Crippen LogP) is 2.23. The molecule has 146 valence electrons. The Balaban J connectivity index is 1.76. The van der Waals surface area contributed by atoms with Crippen LogP contribution in [0.2, 0.25) is 0 Å². The fourth-order valence-electron chi connectivity index (χ4n) is 3.19. The highest BCUT2D eigenvalue weighted by Crippen LogP contribution is 2.28. The summed E-state index contributed by atoms with van der Waals surface area (Å²) in [7, 11) is -2.23. The highest BCUT2D eigenvalue weighted by molar-refractivity contribution is 7.89. The summed E-state index contributed by atoms with van der Waals surface area (Å²) in [5.41, 5.74) is 2.90. The van der Waals surface area contributed by atoms with Crippen LogP contribution in [0.5, 0.6) is 0 Å². The number of fused-ring (bicyclic) bond motifs is 1. The van der Waals surface area contributed by atoms with Gasteiger partial charge in [0.25, 0.3) is 0 Å².